The van der Waals surface area contributed by atoms with Crippen molar-refractivity contribution < 1.29 is 9.36 Å². The van der Waals surface area contributed by atoms with E-state index in [1.165, 1.54) is 0 Å². The minimum atomic E-state index is -0.109. The van der Waals surface area contributed by atoms with Crippen molar-refractivity contribution in [3.8, 4) is 21.8 Å². The van der Waals surface area contributed by atoms with Gasteiger partial charge in [0.2, 0.25) is 6.33 Å². The molecule has 7 nitrogen and oxygen atoms in total. The molecule has 0 aliphatic carbocycles. The quantitative estimate of drug-likeness (QED) is 0.272. The van der Waals surface area contributed by atoms with E-state index in [2.05, 4.69) is 15.3 Å². The molecule has 3 heterocycles. The maximum atomic E-state index is 12.8. The molecule has 0 aliphatic heterocycles. The van der Waals surface area contributed by atoms with Crippen molar-refractivity contribution >= 4 is 28.3 Å². The molecule has 2 N–H and O–H groups in total. The van der Waals surface area contributed by atoms with E-state index >= 15 is 0 Å². The fraction of sp³-hybridized carbons (Fsp3) is 0.192. The first kappa shape index (κ1) is 21.9. The molecule has 0 unspecified atom stereocenters. The van der Waals surface area contributed by atoms with Crippen molar-refractivity contribution in [3.05, 3.63) is 83.5 Å². The second-order valence-corrected chi connectivity index (χ2v) is 9.30. The number of imidazole rings is 1. The summed E-state index contributed by atoms with van der Waals surface area (Å²) in [6.07, 6.45) is 6.59. The summed E-state index contributed by atoms with van der Waals surface area (Å²) in [7, 11) is 0. The highest BCUT2D eigenvalue weighted by atomic mass is 32.1. The van der Waals surface area contributed by atoms with Crippen LogP contribution in [0.5, 0.6) is 0 Å². The number of thiazole rings is 1. The molecular formula is C26H25N6OS+. The Bertz CT molecular complexity index is 1440. The molecule has 5 rings (SSSR count). The second-order valence-electron chi connectivity index (χ2n) is 8.10. The number of nitrogens with zero attached hydrogens (tertiary/aromatic N) is 4. The van der Waals surface area contributed by atoms with E-state index in [1.807, 2.05) is 85.7 Å². The maximum Gasteiger partial charge on any atom is 0.251 e. The van der Waals surface area contributed by atoms with Gasteiger partial charge in [0.25, 0.3) is 5.91 Å². The highest BCUT2D eigenvalue weighted by Crippen LogP contribution is 2.36. The number of carbonyl (C=O) groups is 1. The molecule has 0 bridgehead atoms. The Morgan fingerprint density at radius 1 is 1.03 bits per heavy atom. The number of carbonyl (C=O) groups excluding carboxylic acids is 1. The zero-order valence-electron chi connectivity index (χ0n) is 19.1. The van der Waals surface area contributed by atoms with Crippen LogP contribution in [0.1, 0.15) is 27.5 Å². The number of aromatic amines is 1. The molecule has 0 atom stereocenters. The van der Waals surface area contributed by atoms with Gasteiger partial charge >= 0.3 is 0 Å². The lowest BCUT2D eigenvalue weighted by Crippen LogP contribution is -2.33. The normalized spacial score (nSPS) is 11.1. The third-order valence-electron chi connectivity index (χ3n) is 5.57. The zero-order chi connectivity index (χ0) is 23.5. The van der Waals surface area contributed by atoms with Crippen LogP contribution < -0.4 is 9.88 Å². The predicted molar refractivity (Wildman–Crippen MR) is 133 cm³/mol. The van der Waals surface area contributed by atoms with Gasteiger partial charge in [-0.1, -0.05) is 30.3 Å². The molecule has 3 aromatic heterocycles. The number of H-pyrrole nitrogens is 1. The minimum Gasteiger partial charge on any atom is -0.352 e. The second kappa shape index (κ2) is 9.52. The van der Waals surface area contributed by atoms with Gasteiger partial charge in [-0.2, -0.15) is 0 Å². The van der Waals surface area contributed by atoms with Gasteiger partial charge in [0, 0.05) is 24.1 Å². The average molecular weight is 470 g/mol. The summed E-state index contributed by atoms with van der Waals surface area (Å²) in [5.74, 6) is -0.109. The molecule has 0 saturated heterocycles. The van der Waals surface area contributed by atoms with Crippen molar-refractivity contribution in [2.45, 2.75) is 26.8 Å². The largest absolute Gasteiger partial charge is 0.352 e. The molecule has 0 aliphatic rings. The number of fused-ring (bicyclic) bond motifs is 1. The van der Waals surface area contributed by atoms with E-state index in [0.717, 1.165) is 51.0 Å². The number of hydrogen-bond donors (Lipinski definition) is 2. The third-order valence-corrected chi connectivity index (χ3v) is 6.65. The average Bonchev–Trinajstić information content (AvgIpc) is 3.50. The van der Waals surface area contributed by atoms with E-state index in [9.17, 15) is 4.79 Å². The summed E-state index contributed by atoms with van der Waals surface area (Å²) in [6.45, 7) is 5.44. The summed E-state index contributed by atoms with van der Waals surface area (Å²) >= 11 is 1.62. The molecule has 5 aromatic rings. The van der Waals surface area contributed by atoms with E-state index in [1.54, 1.807) is 11.3 Å². The molecule has 2 aromatic carbocycles. The molecule has 0 radical (unpaired) electrons. The zero-order valence-corrected chi connectivity index (χ0v) is 19.9. The Balaban J connectivity index is 1.45. The Morgan fingerprint density at radius 2 is 1.85 bits per heavy atom. The van der Waals surface area contributed by atoms with Gasteiger partial charge < -0.3 is 5.32 Å². The SMILES string of the molecule is Cc1nc(C)c(-c2nc3ccc(C(=O)NCCC[n+]4cc[nH]c4)cc3nc2-c2ccccc2)s1. The molecule has 0 saturated carbocycles. The summed E-state index contributed by atoms with van der Waals surface area (Å²) < 4.78 is 2.05. The van der Waals surface area contributed by atoms with Crippen LogP contribution in [0.4, 0.5) is 0 Å². The van der Waals surface area contributed by atoms with Crippen molar-refractivity contribution in [2.75, 3.05) is 6.54 Å². The Kier molecular flexibility index (Phi) is 6.14. The van der Waals surface area contributed by atoms with Crippen LogP contribution in [0.2, 0.25) is 0 Å². The first-order chi connectivity index (χ1) is 16.6. The first-order valence-corrected chi connectivity index (χ1v) is 12.0. The molecule has 170 valence electrons. The molecular weight excluding hydrogens is 444 g/mol. The number of aromatic nitrogens is 5. The predicted octanol–water partition coefficient (Wildman–Crippen LogP) is 4.47. The number of aryl methyl sites for hydroxylation is 3. The lowest BCUT2D eigenvalue weighted by atomic mass is 10.1. The van der Waals surface area contributed by atoms with E-state index < -0.39 is 0 Å². The molecule has 0 fully saturated rings. The van der Waals surface area contributed by atoms with Crippen molar-refractivity contribution in [2.24, 2.45) is 0 Å². The summed E-state index contributed by atoms with van der Waals surface area (Å²) in [6, 6.07) is 15.5. The summed E-state index contributed by atoms with van der Waals surface area (Å²) in [4.78, 5) is 31.3. The number of hydrogen-bond acceptors (Lipinski definition) is 5. The molecule has 34 heavy (non-hydrogen) atoms. The number of nitrogens with one attached hydrogen (secondary N) is 2. The number of rotatable bonds is 7. The van der Waals surface area contributed by atoms with Gasteiger partial charge in [-0.05, 0) is 32.0 Å². The fourth-order valence-electron chi connectivity index (χ4n) is 3.93. The van der Waals surface area contributed by atoms with Crippen LogP contribution in [0, 0.1) is 13.8 Å². The third kappa shape index (κ3) is 4.58. The number of amides is 1. The van der Waals surface area contributed by atoms with Crippen molar-refractivity contribution in [3.63, 3.8) is 0 Å². The first-order valence-electron chi connectivity index (χ1n) is 11.2. The molecule has 0 spiro atoms. The molecule has 8 heteroatoms. The number of benzene rings is 2. The van der Waals surface area contributed by atoms with Crippen molar-refractivity contribution in [1.82, 2.24) is 25.3 Å². The van der Waals surface area contributed by atoms with E-state index in [4.69, 9.17) is 9.97 Å². The highest BCUT2D eigenvalue weighted by molar-refractivity contribution is 7.15. The van der Waals surface area contributed by atoms with Crippen LogP contribution in [0.25, 0.3) is 32.9 Å². The van der Waals surface area contributed by atoms with Crippen LogP contribution >= 0.6 is 11.3 Å². The van der Waals surface area contributed by atoms with Crippen LogP contribution in [-0.4, -0.2) is 32.4 Å². The lowest BCUT2D eigenvalue weighted by molar-refractivity contribution is -0.695. The standard InChI is InChI=1S/C26H24N6OS/c1-17-25(34-18(2)29-17)24-23(19-7-4-3-5-8-19)31-22-15-20(9-10-21(22)30-24)26(33)28-11-6-13-32-14-12-27-16-32/h3-5,7-10,12,14-16H,6,11,13H2,1-2H3,(H,28,33)/p+1. The van der Waals surface area contributed by atoms with Gasteiger partial charge in [0.05, 0.1) is 38.9 Å². The van der Waals surface area contributed by atoms with Gasteiger partial charge in [-0.25, -0.2) is 19.5 Å². The van der Waals surface area contributed by atoms with Crippen molar-refractivity contribution in [1.29, 1.82) is 0 Å². The maximum absolute atomic E-state index is 12.8. The fourth-order valence-corrected chi connectivity index (χ4v) is 4.84. The lowest BCUT2D eigenvalue weighted by Gasteiger charge is -2.11. The summed E-state index contributed by atoms with van der Waals surface area (Å²) in [5.41, 5.74) is 5.56. The van der Waals surface area contributed by atoms with Gasteiger partial charge in [-0.15, -0.1) is 11.3 Å². The summed E-state index contributed by atoms with van der Waals surface area (Å²) in [5, 5.41) is 4.00. The van der Waals surface area contributed by atoms with Gasteiger partial charge in [-0.3, -0.25) is 9.78 Å². The van der Waals surface area contributed by atoms with Crippen LogP contribution in [0.15, 0.2) is 67.3 Å². The van der Waals surface area contributed by atoms with Gasteiger partial charge in [0.15, 0.2) is 0 Å². The van der Waals surface area contributed by atoms with Crippen LogP contribution in [-0.2, 0) is 6.54 Å². The molecule has 1 amide bonds. The Morgan fingerprint density at radius 3 is 2.59 bits per heavy atom. The van der Waals surface area contributed by atoms with E-state index in [0.29, 0.717) is 17.6 Å². The van der Waals surface area contributed by atoms with Gasteiger partial charge in [0.1, 0.15) is 18.1 Å². The van der Waals surface area contributed by atoms with E-state index in [-0.39, 0.29) is 5.91 Å². The monoisotopic (exact) mass is 469 g/mol. The topological polar surface area (TPSA) is 87.4 Å². The Hall–Kier alpha value is -3.91. The van der Waals surface area contributed by atoms with Crippen LogP contribution in [0.3, 0.4) is 0 Å². The Labute approximate surface area is 201 Å². The highest BCUT2D eigenvalue weighted by Gasteiger charge is 2.18. The minimum absolute atomic E-state index is 0.109. The smallest absolute Gasteiger partial charge is 0.251 e.